The smallest absolute Gasteiger partial charge is 0.352 e. The molecular weight excluding hydrogens is 266 g/mol. The molecule has 1 aromatic rings. The van der Waals surface area contributed by atoms with E-state index in [4.69, 9.17) is 15.3 Å². The van der Waals surface area contributed by atoms with E-state index < -0.39 is 4.92 Å². The van der Waals surface area contributed by atoms with Gasteiger partial charge in [-0.2, -0.15) is 4.98 Å². The zero-order chi connectivity index (χ0) is 15.3. The lowest BCUT2D eigenvalue weighted by Gasteiger charge is -2.19. The van der Waals surface area contributed by atoms with Gasteiger partial charge in [0.05, 0.1) is 17.1 Å². The number of aromatic nitrogens is 2. The lowest BCUT2D eigenvalue weighted by Crippen LogP contribution is -2.23. The molecule has 1 rings (SSSR count). The molecule has 0 amide bonds. The van der Waals surface area contributed by atoms with Crippen LogP contribution in [0.15, 0.2) is 0 Å². The first kappa shape index (κ1) is 16.1. The summed E-state index contributed by atoms with van der Waals surface area (Å²) in [5, 5.41) is 11.0. The van der Waals surface area contributed by atoms with E-state index in [-0.39, 0.29) is 42.0 Å². The van der Waals surface area contributed by atoms with Crippen LogP contribution in [0.1, 0.15) is 26.5 Å². The van der Waals surface area contributed by atoms with Crippen LogP contribution in [0.3, 0.4) is 0 Å². The summed E-state index contributed by atoms with van der Waals surface area (Å²) in [5.41, 5.74) is 1.82. The number of aryl methyl sites for hydroxylation is 1. The van der Waals surface area contributed by atoms with Crippen LogP contribution in [-0.2, 0) is 4.74 Å². The molecule has 0 radical (unpaired) electrons. The highest BCUT2D eigenvalue weighted by Gasteiger charge is 2.23. The number of hydrazine groups is 1. The molecule has 0 fully saturated rings. The summed E-state index contributed by atoms with van der Waals surface area (Å²) in [6.07, 6.45) is 0. The van der Waals surface area contributed by atoms with Gasteiger partial charge >= 0.3 is 5.69 Å². The Labute approximate surface area is 116 Å². The van der Waals surface area contributed by atoms with Gasteiger partial charge in [-0.3, -0.25) is 15.5 Å². The zero-order valence-electron chi connectivity index (χ0n) is 12.0. The first-order chi connectivity index (χ1) is 9.24. The Kier molecular flexibility index (Phi) is 5.17. The van der Waals surface area contributed by atoms with Crippen LogP contribution in [0.4, 0.5) is 11.6 Å². The number of ether oxygens (including phenoxy) is 2. The van der Waals surface area contributed by atoms with Gasteiger partial charge in [0.1, 0.15) is 12.3 Å². The van der Waals surface area contributed by atoms with Gasteiger partial charge in [-0.15, -0.1) is 0 Å². The number of anilines is 1. The highest BCUT2D eigenvalue weighted by Crippen LogP contribution is 2.28. The largest absolute Gasteiger partial charge is 0.470 e. The molecule has 0 saturated carbocycles. The summed E-state index contributed by atoms with van der Waals surface area (Å²) in [4.78, 5) is 18.1. The summed E-state index contributed by atoms with van der Waals surface area (Å²) in [7, 11) is 0. The third kappa shape index (κ3) is 4.59. The van der Waals surface area contributed by atoms with Crippen molar-refractivity contribution in [3.63, 3.8) is 0 Å². The molecular formula is C11H19N5O4. The first-order valence-electron chi connectivity index (χ1n) is 6.01. The monoisotopic (exact) mass is 285 g/mol. The van der Waals surface area contributed by atoms with E-state index in [9.17, 15) is 10.1 Å². The first-order valence-corrected chi connectivity index (χ1v) is 6.01. The maximum Gasteiger partial charge on any atom is 0.352 e. The number of hydrogen-bond acceptors (Lipinski definition) is 8. The van der Waals surface area contributed by atoms with Gasteiger partial charge < -0.3 is 9.47 Å². The summed E-state index contributed by atoms with van der Waals surface area (Å²) >= 11 is 0. The normalized spacial score (nSPS) is 11.2. The highest BCUT2D eigenvalue weighted by atomic mass is 16.6. The Balaban J connectivity index is 2.82. The van der Waals surface area contributed by atoms with Crippen LogP contribution < -0.4 is 16.0 Å². The number of hydrogen-bond donors (Lipinski definition) is 2. The summed E-state index contributed by atoms with van der Waals surface area (Å²) in [5.74, 6) is 5.12. The number of nitrogens with one attached hydrogen (secondary N) is 1. The molecule has 9 heteroatoms. The van der Waals surface area contributed by atoms with E-state index in [0.717, 1.165) is 0 Å². The second-order valence-corrected chi connectivity index (χ2v) is 5.00. The summed E-state index contributed by atoms with van der Waals surface area (Å²) in [6, 6.07) is 0. The van der Waals surface area contributed by atoms with Crippen molar-refractivity contribution in [3.8, 4) is 5.88 Å². The van der Waals surface area contributed by atoms with E-state index in [0.29, 0.717) is 0 Å². The molecule has 20 heavy (non-hydrogen) atoms. The lowest BCUT2D eigenvalue weighted by atomic mass is 10.2. The van der Waals surface area contributed by atoms with Gasteiger partial charge in [-0.05, 0) is 27.7 Å². The third-order valence-electron chi connectivity index (χ3n) is 2.20. The van der Waals surface area contributed by atoms with Crippen molar-refractivity contribution < 1.29 is 14.4 Å². The SMILES string of the molecule is Cc1nc(NN)nc(OCCOC(C)(C)C)c1[N+](=O)[O-]. The second kappa shape index (κ2) is 6.44. The number of nitro groups is 1. The van der Waals surface area contributed by atoms with Crippen molar-refractivity contribution in [2.45, 2.75) is 33.3 Å². The molecule has 0 bridgehead atoms. The molecule has 0 unspecified atom stereocenters. The average Bonchev–Trinajstić information content (AvgIpc) is 2.32. The second-order valence-electron chi connectivity index (χ2n) is 5.00. The van der Waals surface area contributed by atoms with Gasteiger partial charge in [0.15, 0.2) is 0 Å². The molecule has 9 nitrogen and oxygen atoms in total. The third-order valence-corrected chi connectivity index (χ3v) is 2.20. The maximum atomic E-state index is 11.0. The predicted molar refractivity (Wildman–Crippen MR) is 72.4 cm³/mol. The van der Waals surface area contributed by atoms with E-state index in [1.807, 2.05) is 20.8 Å². The van der Waals surface area contributed by atoms with Crippen molar-refractivity contribution in [2.75, 3.05) is 18.6 Å². The minimum Gasteiger partial charge on any atom is -0.470 e. The van der Waals surface area contributed by atoms with Crippen LogP contribution >= 0.6 is 0 Å². The number of nitrogens with two attached hydrogens (primary N) is 1. The summed E-state index contributed by atoms with van der Waals surface area (Å²) < 4.78 is 10.8. The van der Waals surface area contributed by atoms with Crippen LogP contribution in [0.5, 0.6) is 5.88 Å². The van der Waals surface area contributed by atoms with Gasteiger partial charge in [-0.1, -0.05) is 0 Å². The van der Waals surface area contributed by atoms with E-state index in [1.165, 1.54) is 6.92 Å². The molecule has 1 heterocycles. The number of nitrogens with zero attached hydrogens (tertiary/aromatic N) is 3. The van der Waals surface area contributed by atoms with Gasteiger partial charge in [0.2, 0.25) is 5.95 Å². The molecule has 0 saturated heterocycles. The van der Waals surface area contributed by atoms with Gasteiger partial charge in [0.25, 0.3) is 5.88 Å². The number of rotatable bonds is 6. The maximum absolute atomic E-state index is 11.0. The number of nitrogen functional groups attached to an aromatic ring is 1. The molecule has 0 aliphatic rings. The van der Waals surface area contributed by atoms with Crippen molar-refractivity contribution in [2.24, 2.45) is 5.84 Å². The Hall–Kier alpha value is -2.00. The molecule has 112 valence electrons. The lowest BCUT2D eigenvalue weighted by molar-refractivity contribution is -0.387. The highest BCUT2D eigenvalue weighted by molar-refractivity contribution is 5.48. The van der Waals surface area contributed by atoms with Crippen LogP contribution in [0, 0.1) is 17.0 Å². The van der Waals surface area contributed by atoms with Gasteiger partial charge in [0, 0.05) is 0 Å². The Morgan fingerprint density at radius 1 is 1.35 bits per heavy atom. The molecule has 0 atom stereocenters. The van der Waals surface area contributed by atoms with Crippen LogP contribution in [-0.4, -0.2) is 33.7 Å². The fraction of sp³-hybridized carbons (Fsp3) is 0.636. The molecule has 3 N–H and O–H groups in total. The zero-order valence-corrected chi connectivity index (χ0v) is 12.0. The van der Waals surface area contributed by atoms with Crippen molar-refractivity contribution in [3.05, 3.63) is 15.8 Å². The van der Waals surface area contributed by atoms with Crippen molar-refractivity contribution in [1.29, 1.82) is 0 Å². The minimum atomic E-state index is -0.588. The van der Waals surface area contributed by atoms with Crippen molar-refractivity contribution >= 4 is 11.6 Å². The molecule has 0 aliphatic heterocycles. The van der Waals surface area contributed by atoms with E-state index in [1.54, 1.807) is 0 Å². The quantitative estimate of drug-likeness (QED) is 0.345. The molecule has 1 aromatic heterocycles. The minimum absolute atomic E-state index is 0.0554. The standard InChI is InChI=1S/C11H19N5O4/c1-7-8(16(17)18)9(14-10(13-7)15-12)19-5-6-20-11(2,3)4/h5-6,12H2,1-4H3,(H,13,14,15). The van der Waals surface area contributed by atoms with Crippen LogP contribution in [0.2, 0.25) is 0 Å². The van der Waals surface area contributed by atoms with Crippen LogP contribution in [0.25, 0.3) is 0 Å². The molecule has 0 spiro atoms. The predicted octanol–water partition coefficient (Wildman–Crippen LogP) is 1.17. The topological polar surface area (TPSA) is 125 Å². The van der Waals surface area contributed by atoms with Gasteiger partial charge in [-0.25, -0.2) is 10.8 Å². The molecule has 0 aliphatic carbocycles. The van der Waals surface area contributed by atoms with Crippen molar-refractivity contribution in [1.82, 2.24) is 9.97 Å². The Morgan fingerprint density at radius 3 is 2.50 bits per heavy atom. The van der Waals surface area contributed by atoms with E-state index >= 15 is 0 Å². The Bertz CT molecular complexity index is 486. The average molecular weight is 285 g/mol. The van der Waals surface area contributed by atoms with E-state index in [2.05, 4.69) is 15.4 Å². The fourth-order valence-corrected chi connectivity index (χ4v) is 1.40. The molecule has 0 aromatic carbocycles. The fourth-order valence-electron chi connectivity index (χ4n) is 1.40. The summed E-state index contributed by atoms with van der Waals surface area (Å²) in [6.45, 7) is 7.62. The Morgan fingerprint density at radius 2 is 2.00 bits per heavy atom.